The minimum atomic E-state index is -0.115. The summed E-state index contributed by atoms with van der Waals surface area (Å²) >= 11 is 0. The zero-order chi connectivity index (χ0) is 11.1. The number of hydrogen-bond acceptors (Lipinski definition) is 2. The molecular weight excluding hydrogens is 188 g/mol. The summed E-state index contributed by atoms with van der Waals surface area (Å²) in [5.41, 5.74) is 6.52. The molecule has 1 unspecified atom stereocenters. The molecule has 3 nitrogen and oxygen atoms in total. The second kappa shape index (κ2) is 5.98. The minimum Gasteiger partial charge on any atom is -0.351 e. The molecule has 1 amide bonds. The molecule has 0 spiro atoms. The van der Waals surface area contributed by atoms with Gasteiger partial charge in [-0.25, -0.2) is 0 Å². The number of carbonyl (C=O) groups excluding carboxylic acids is 1. The zero-order valence-electron chi connectivity index (χ0n) is 8.81. The number of nitrogens with two attached hydrogens (primary N) is 1. The fourth-order valence-electron chi connectivity index (χ4n) is 1.06. The van der Waals surface area contributed by atoms with Gasteiger partial charge in [0.2, 0.25) is 5.91 Å². The van der Waals surface area contributed by atoms with E-state index in [2.05, 4.69) is 5.32 Å². The molecule has 0 saturated carbocycles. The van der Waals surface area contributed by atoms with Crippen molar-refractivity contribution in [3.8, 4) is 0 Å². The molecule has 0 aliphatic rings. The van der Waals surface area contributed by atoms with Crippen molar-refractivity contribution in [1.29, 1.82) is 0 Å². The number of amides is 1. The van der Waals surface area contributed by atoms with Crippen LogP contribution in [0.2, 0.25) is 0 Å². The number of hydrogen-bond donors (Lipinski definition) is 2. The molecule has 0 bridgehead atoms. The highest BCUT2D eigenvalue weighted by molar-refractivity contribution is 5.91. The summed E-state index contributed by atoms with van der Waals surface area (Å²) in [5.74, 6) is -0.115. The minimum absolute atomic E-state index is 0.0147. The molecule has 1 atom stereocenters. The van der Waals surface area contributed by atoms with Gasteiger partial charge >= 0.3 is 0 Å². The molecule has 0 fully saturated rings. The SMILES string of the molecule is CC(N)CNC(=O)C=Cc1ccccc1. The second-order valence-corrected chi connectivity index (χ2v) is 3.47. The maximum absolute atomic E-state index is 11.3. The Morgan fingerprint density at radius 1 is 1.47 bits per heavy atom. The molecule has 3 N–H and O–H groups in total. The van der Waals surface area contributed by atoms with Gasteiger partial charge in [-0.3, -0.25) is 4.79 Å². The van der Waals surface area contributed by atoms with Crippen molar-refractivity contribution < 1.29 is 4.79 Å². The van der Waals surface area contributed by atoms with Crippen molar-refractivity contribution >= 4 is 12.0 Å². The lowest BCUT2D eigenvalue weighted by atomic mass is 10.2. The largest absolute Gasteiger partial charge is 0.351 e. The second-order valence-electron chi connectivity index (χ2n) is 3.47. The lowest BCUT2D eigenvalue weighted by Gasteiger charge is -2.04. The van der Waals surface area contributed by atoms with Crippen LogP contribution >= 0.6 is 0 Å². The Hall–Kier alpha value is -1.61. The lowest BCUT2D eigenvalue weighted by molar-refractivity contribution is -0.116. The van der Waals surface area contributed by atoms with E-state index >= 15 is 0 Å². The molecular formula is C12H16N2O. The van der Waals surface area contributed by atoms with Crippen LogP contribution in [0, 0.1) is 0 Å². The summed E-state index contributed by atoms with van der Waals surface area (Å²) in [4.78, 5) is 11.3. The molecule has 0 aliphatic heterocycles. The molecule has 3 heteroatoms. The van der Waals surface area contributed by atoms with Gasteiger partial charge in [-0.2, -0.15) is 0 Å². The first-order chi connectivity index (χ1) is 7.18. The van der Waals surface area contributed by atoms with Crippen LogP contribution in [0.3, 0.4) is 0 Å². The first-order valence-electron chi connectivity index (χ1n) is 4.95. The third-order valence-corrected chi connectivity index (χ3v) is 1.82. The van der Waals surface area contributed by atoms with Gasteiger partial charge in [0.05, 0.1) is 0 Å². The molecule has 1 rings (SSSR count). The standard InChI is InChI=1S/C12H16N2O/c1-10(13)9-14-12(15)8-7-11-5-3-2-4-6-11/h2-8,10H,9,13H2,1H3,(H,14,15). The normalized spacial score (nSPS) is 12.7. The van der Waals surface area contributed by atoms with Gasteiger partial charge in [-0.1, -0.05) is 30.3 Å². The quantitative estimate of drug-likeness (QED) is 0.723. The number of benzene rings is 1. The smallest absolute Gasteiger partial charge is 0.244 e. The summed E-state index contributed by atoms with van der Waals surface area (Å²) in [6, 6.07) is 9.66. The van der Waals surface area contributed by atoms with Crippen LogP contribution in [-0.2, 0) is 4.79 Å². The fourth-order valence-corrected chi connectivity index (χ4v) is 1.06. The molecule has 15 heavy (non-hydrogen) atoms. The summed E-state index contributed by atoms with van der Waals surface area (Å²) in [5, 5.41) is 2.70. The molecule has 0 aromatic heterocycles. The van der Waals surface area contributed by atoms with Gasteiger partial charge in [0, 0.05) is 18.7 Å². The van der Waals surface area contributed by atoms with Crippen LogP contribution in [0.5, 0.6) is 0 Å². The van der Waals surface area contributed by atoms with Gasteiger partial charge in [0.25, 0.3) is 0 Å². The van der Waals surface area contributed by atoms with E-state index in [4.69, 9.17) is 5.73 Å². The highest BCUT2D eigenvalue weighted by Crippen LogP contribution is 2.00. The first-order valence-corrected chi connectivity index (χ1v) is 4.95. The van der Waals surface area contributed by atoms with E-state index in [1.54, 1.807) is 6.08 Å². The van der Waals surface area contributed by atoms with Gasteiger partial charge < -0.3 is 11.1 Å². The van der Waals surface area contributed by atoms with Crippen LogP contribution in [0.4, 0.5) is 0 Å². The average molecular weight is 204 g/mol. The topological polar surface area (TPSA) is 55.1 Å². The Bertz CT molecular complexity index is 331. The number of carbonyl (C=O) groups is 1. The van der Waals surface area contributed by atoms with Crippen LogP contribution in [-0.4, -0.2) is 18.5 Å². The maximum Gasteiger partial charge on any atom is 0.244 e. The molecule has 0 aliphatic carbocycles. The van der Waals surface area contributed by atoms with Crippen molar-refractivity contribution in [2.75, 3.05) is 6.54 Å². The van der Waals surface area contributed by atoms with Crippen LogP contribution in [0.25, 0.3) is 6.08 Å². The molecule has 1 aromatic carbocycles. The Morgan fingerprint density at radius 3 is 2.73 bits per heavy atom. The van der Waals surface area contributed by atoms with E-state index in [1.165, 1.54) is 6.08 Å². The monoisotopic (exact) mass is 204 g/mol. The van der Waals surface area contributed by atoms with E-state index < -0.39 is 0 Å². The Morgan fingerprint density at radius 2 is 2.13 bits per heavy atom. The van der Waals surface area contributed by atoms with Gasteiger partial charge in [0.1, 0.15) is 0 Å². The third kappa shape index (κ3) is 4.98. The summed E-state index contributed by atoms with van der Waals surface area (Å²) in [6.07, 6.45) is 3.29. The van der Waals surface area contributed by atoms with Crippen LogP contribution in [0.1, 0.15) is 12.5 Å². The van der Waals surface area contributed by atoms with Gasteiger partial charge in [0.15, 0.2) is 0 Å². The molecule has 1 aromatic rings. The summed E-state index contributed by atoms with van der Waals surface area (Å²) in [7, 11) is 0. The molecule has 0 heterocycles. The molecule has 80 valence electrons. The average Bonchev–Trinajstić information content (AvgIpc) is 2.25. The van der Waals surface area contributed by atoms with E-state index in [-0.39, 0.29) is 11.9 Å². The first kappa shape index (κ1) is 11.5. The van der Waals surface area contributed by atoms with E-state index in [0.29, 0.717) is 6.54 Å². The van der Waals surface area contributed by atoms with Crippen molar-refractivity contribution in [2.24, 2.45) is 5.73 Å². The molecule has 0 radical (unpaired) electrons. The van der Waals surface area contributed by atoms with E-state index in [1.807, 2.05) is 37.3 Å². The fraction of sp³-hybridized carbons (Fsp3) is 0.250. The molecule has 0 saturated heterocycles. The van der Waals surface area contributed by atoms with Gasteiger partial charge in [-0.15, -0.1) is 0 Å². The predicted octanol–water partition coefficient (Wildman–Crippen LogP) is 1.16. The van der Waals surface area contributed by atoms with Gasteiger partial charge in [-0.05, 0) is 18.6 Å². The highest BCUT2D eigenvalue weighted by atomic mass is 16.1. The summed E-state index contributed by atoms with van der Waals surface area (Å²) in [6.45, 7) is 2.35. The van der Waals surface area contributed by atoms with Crippen molar-refractivity contribution in [3.63, 3.8) is 0 Å². The van der Waals surface area contributed by atoms with E-state index in [9.17, 15) is 4.79 Å². The highest BCUT2D eigenvalue weighted by Gasteiger charge is 1.96. The summed E-state index contributed by atoms with van der Waals surface area (Å²) < 4.78 is 0. The maximum atomic E-state index is 11.3. The third-order valence-electron chi connectivity index (χ3n) is 1.82. The van der Waals surface area contributed by atoms with E-state index in [0.717, 1.165) is 5.56 Å². The van der Waals surface area contributed by atoms with Crippen LogP contribution < -0.4 is 11.1 Å². The van der Waals surface area contributed by atoms with Crippen molar-refractivity contribution in [2.45, 2.75) is 13.0 Å². The Balaban J connectivity index is 2.41. The van der Waals surface area contributed by atoms with Crippen LogP contribution in [0.15, 0.2) is 36.4 Å². The Kier molecular flexibility index (Phi) is 4.57. The van der Waals surface area contributed by atoms with Crippen molar-refractivity contribution in [1.82, 2.24) is 5.32 Å². The predicted molar refractivity (Wildman–Crippen MR) is 62.1 cm³/mol. The number of nitrogens with one attached hydrogen (secondary N) is 1. The number of rotatable bonds is 4. The zero-order valence-corrected chi connectivity index (χ0v) is 8.81. The van der Waals surface area contributed by atoms with Crippen molar-refractivity contribution in [3.05, 3.63) is 42.0 Å². The lowest BCUT2D eigenvalue weighted by Crippen LogP contribution is -2.34. The Labute approximate surface area is 90.0 Å².